The van der Waals surface area contributed by atoms with Gasteiger partial charge in [0.25, 0.3) is 11.7 Å². The molecule has 4 nitrogen and oxygen atoms in total. The zero-order valence-corrected chi connectivity index (χ0v) is 13.4. The Labute approximate surface area is 132 Å². The van der Waals surface area contributed by atoms with Crippen molar-refractivity contribution in [2.45, 2.75) is 0 Å². The molecule has 0 saturated carbocycles. The van der Waals surface area contributed by atoms with Crippen LogP contribution in [0.3, 0.4) is 0 Å². The topological polar surface area (TPSA) is 64.4 Å². The van der Waals surface area contributed by atoms with Gasteiger partial charge >= 0.3 is 28.2 Å². The van der Waals surface area contributed by atoms with Gasteiger partial charge in [-0.1, -0.05) is 30.3 Å². The Balaban J connectivity index is 0.000000956. The number of nitrogens with one attached hydrogen (secondary N) is 1. The van der Waals surface area contributed by atoms with Gasteiger partial charge in [-0.2, -0.15) is 5.10 Å². The molecule has 2 rings (SSSR count). The van der Waals surface area contributed by atoms with Gasteiger partial charge in [-0.3, -0.25) is 4.79 Å². The molecular formula is C14H13ClN2O2Pt+2. The molecule has 0 bridgehead atoms. The molecule has 0 heterocycles. The number of nitrogens with zero attached hydrogens (tertiary/aromatic N) is 1. The van der Waals surface area contributed by atoms with Crippen LogP contribution in [-0.2, 0) is 18.8 Å². The fraction of sp³-hybridized carbons (Fsp3) is 0. The Hall–Kier alpha value is -1.64. The van der Waals surface area contributed by atoms with Crippen LogP contribution in [-0.4, -0.2) is 17.2 Å². The number of benzene rings is 2. The fourth-order valence-electron chi connectivity index (χ4n) is 1.42. The summed E-state index contributed by atoms with van der Waals surface area (Å²) < 4.78 is 0. The first-order valence-corrected chi connectivity index (χ1v) is 8.40. The number of amides is 1. The Morgan fingerprint density at radius 1 is 1.10 bits per heavy atom. The van der Waals surface area contributed by atoms with E-state index in [0.29, 0.717) is 16.9 Å². The van der Waals surface area contributed by atoms with E-state index in [-0.39, 0.29) is 5.91 Å². The average molecular weight is 472 g/mol. The van der Waals surface area contributed by atoms with Crippen molar-refractivity contribution in [1.82, 2.24) is 5.43 Å². The monoisotopic (exact) mass is 471 g/mol. The van der Waals surface area contributed by atoms with Crippen molar-refractivity contribution in [3.63, 3.8) is 0 Å². The summed E-state index contributed by atoms with van der Waals surface area (Å²) in [6, 6.07) is 15.9. The molecule has 6 heteroatoms. The van der Waals surface area contributed by atoms with Gasteiger partial charge in [-0.15, -0.1) is 0 Å². The van der Waals surface area contributed by atoms with Crippen molar-refractivity contribution in [3.8, 4) is 5.75 Å². The minimum absolute atomic E-state index is 0.269. The maximum absolute atomic E-state index is 11.6. The van der Waals surface area contributed by atoms with E-state index in [4.69, 9.17) is 5.11 Å². The van der Waals surface area contributed by atoms with Crippen LogP contribution < -0.4 is 5.43 Å². The van der Waals surface area contributed by atoms with Gasteiger partial charge in [-0.25, -0.2) is 5.43 Å². The zero-order chi connectivity index (χ0) is 14.8. The number of halogens is 1. The third-order valence-electron chi connectivity index (χ3n) is 2.37. The molecule has 2 aromatic rings. The molecule has 2 aromatic carbocycles. The molecule has 0 saturated heterocycles. The summed E-state index contributed by atoms with van der Waals surface area (Å²) in [4.78, 5) is 11.6. The van der Waals surface area contributed by atoms with Gasteiger partial charge in [0, 0.05) is 11.6 Å². The molecule has 0 unspecified atom stereocenters. The van der Waals surface area contributed by atoms with E-state index >= 15 is 0 Å². The first-order valence-electron chi connectivity index (χ1n) is 5.58. The standard InChI is InChI=1S/C14H12N2O2.ClH.Pt/c17-13-9-5-4-8-12(13)10-15-16-14(18)11-6-2-1-3-7-11;;/h1-10,17H,(H,16,18);1H;/q;;+2. The van der Waals surface area contributed by atoms with Crippen molar-refractivity contribution in [2.75, 3.05) is 0 Å². The van der Waals surface area contributed by atoms with E-state index < -0.39 is 0 Å². The first kappa shape index (κ1) is 16.4. The molecule has 20 heavy (non-hydrogen) atoms. The second-order valence-electron chi connectivity index (χ2n) is 3.65. The fourth-order valence-corrected chi connectivity index (χ4v) is 1.42. The summed E-state index contributed by atoms with van der Waals surface area (Å²) in [5, 5.41) is 11.5. The Bertz CT molecular complexity index is 576. The Morgan fingerprint density at radius 2 is 1.70 bits per heavy atom. The summed E-state index contributed by atoms with van der Waals surface area (Å²) in [5.74, 6) is 0.101. The van der Waals surface area contributed by atoms with Gasteiger partial charge in [0.05, 0.1) is 11.8 Å². The molecule has 0 aliphatic heterocycles. The van der Waals surface area contributed by atoms with Crippen molar-refractivity contribution < 1.29 is 28.7 Å². The van der Waals surface area contributed by atoms with Crippen LogP contribution in [0.1, 0.15) is 15.9 Å². The van der Waals surface area contributed by atoms with Crippen LogP contribution in [0.4, 0.5) is 0 Å². The van der Waals surface area contributed by atoms with Gasteiger partial charge in [0.1, 0.15) is 0 Å². The summed E-state index contributed by atoms with van der Waals surface area (Å²) in [6.07, 6.45) is 1.46. The summed E-state index contributed by atoms with van der Waals surface area (Å²) in [5.41, 5.74) is 3.63. The predicted octanol–water partition coefficient (Wildman–Crippen LogP) is 2.58. The van der Waals surface area contributed by atoms with E-state index in [1.165, 1.54) is 6.21 Å². The number of carbonyl (C=O) groups excluding carboxylic acids is 1. The Morgan fingerprint density at radius 3 is 2.35 bits per heavy atom. The molecule has 3 N–H and O–H groups in total. The number of para-hydroxylation sites is 1. The number of rotatable bonds is 3. The van der Waals surface area contributed by atoms with Crippen LogP contribution >= 0.6 is 9.42 Å². The number of carbonyl (C=O) groups is 1. The Kier molecular flexibility index (Phi) is 7.63. The van der Waals surface area contributed by atoms with Crippen molar-refractivity contribution in [2.24, 2.45) is 5.10 Å². The van der Waals surface area contributed by atoms with Crippen molar-refractivity contribution in [3.05, 3.63) is 65.7 Å². The van der Waals surface area contributed by atoms with E-state index in [1.807, 2.05) is 12.1 Å². The normalized spacial score (nSPS) is 9.75. The molecule has 0 spiro atoms. The van der Waals surface area contributed by atoms with Gasteiger partial charge in [0.15, 0.2) is 0 Å². The molecule has 0 atom stereocenters. The summed E-state index contributed by atoms with van der Waals surface area (Å²) >= 11 is 1.61. The van der Waals surface area contributed by atoms with E-state index in [9.17, 15) is 4.79 Å². The van der Waals surface area contributed by atoms with Gasteiger partial charge in [0.2, 0.25) is 0 Å². The SMILES string of the molecule is O=C(NN=Cc1ccccc1[OH2+])c1ccccc1.[Cl][Pt+]. The summed E-state index contributed by atoms with van der Waals surface area (Å²) in [6.45, 7) is 0. The van der Waals surface area contributed by atoms with Crippen LogP contribution in [0.5, 0.6) is 5.75 Å². The molecule has 0 aromatic heterocycles. The van der Waals surface area contributed by atoms with Crippen LogP contribution in [0, 0.1) is 0 Å². The van der Waals surface area contributed by atoms with Crippen molar-refractivity contribution in [1.29, 1.82) is 0 Å². The van der Waals surface area contributed by atoms with E-state index in [2.05, 4.69) is 19.9 Å². The maximum atomic E-state index is 11.6. The van der Waals surface area contributed by atoms with E-state index in [1.54, 1.807) is 61.2 Å². The molecule has 0 aliphatic rings. The zero-order valence-electron chi connectivity index (χ0n) is 10.3. The molecule has 0 radical (unpaired) electrons. The molecule has 0 fully saturated rings. The number of hydrogen-bond acceptors (Lipinski definition) is 2. The van der Waals surface area contributed by atoms with Crippen LogP contribution in [0.2, 0.25) is 0 Å². The second-order valence-corrected chi connectivity index (χ2v) is 3.65. The predicted molar refractivity (Wildman–Crippen MR) is 76.9 cm³/mol. The number of hydrogen-bond donors (Lipinski definition) is 1. The third kappa shape index (κ3) is 5.16. The summed E-state index contributed by atoms with van der Waals surface area (Å²) in [7, 11) is 4.61. The van der Waals surface area contributed by atoms with E-state index in [0.717, 1.165) is 0 Å². The molecular weight excluding hydrogens is 459 g/mol. The molecule has 0 aliphatic carbocycles. The second kappa shape index (κ2) is 9.29. The van der Waals surface area contributed by atoms with Gasteiger partial charge in [-0.05, 0) is 18.2 Å². The quantitative estimate of drug-likeness (QED) is 0.417. The third-order valence-corrected chi connectivity index (χ3v) is 2.37. The van der Waals surface area contributed by atoms with Crippen molar-refractivity contribution >= 4 is 21.5 Å². The average Bonchev–Trinajstić information content (AvgIpc) is 2.52. The van der Waals surface area contributed by atoms with Gasteiger partial charge < -0.3 is 5.11 Å². The number of hydrazone groups is 1. The minimum atomic E-state index is -0.269. The first-order chi connectivity index (χ1) is 9.77. The van der Waals surface area contributed by atoms with Crippen LogP contribution in [0.15, 0.2) is 59.7 Å². The van der Waals surface area contributed by atoms with Crippen LogP contribution in [0.25, 0.3) is 0 Å². The molecule has 1 amide bonds. The molecule has 106 valence electrons.